The number of aromatic nitrogens is 1. The quantitative estimate of drug-likeness (QED) is 0.490. The molecule has 0 atom stereocenters. The summed E-state index contributed by atoms with van der Waals surface area (Å²) in [6.45, 7) is 0. The van der Waals surface area contributed by atoms with E-state index in [-0.39, 0.29) is 11.3 Å². The van der Waals surface area contributed by atoms with Crippen LogP contribution in [0.3, 0.4) is 0 Å². The van der Waals surface area contributed by atoms with Crippen molar-refractivity contribution in [3.8, 4) is 22.9 Å². The van der Waals surface area contributed by atoms with Crippen LogP contribution in [0.5, 0.6) is 0 Å². The molecule has 136 valence electrons. The second-order valence-corrected chi connectivity index (χ2v) is 6.57. The molecule has 0 fully saturated rings. The number of hydrogen-bond donors (Lipinski definition) is 1. The second kappa shape index (κ2) is 6.84. The van der Waals surface area contributed by atoms with E-state index in [2.05, 4.69) is 6.07 Å². The van der Waals surface area contributed by atoms with Crippen molar-refractivity contribution in [3.63, 3.8) is 0 Å². The van der Waals surface area contributed by atoms with E-state index >= 15 is 0 Å². The molecule has 4 nitrogen and oxygen atoms in total. The number of nitrogens with zero attached hydrogens (tertiary/aromatic N) is 2. The molecule has 0 aliphatic rings. The van der Waals surface area contributed by atoms with Crippen molar-refractivity contribution in [3.05, 3.63) is 88.8 Å². The van der Waals surface area contributed by atoms with Gasteiger partial charge in [0, 0.05) is 27.2 Å². The van der Waals surface area contributed by atoms with Crippen LogP contribution in [0.1, 0.15) is 16.1 Å². The van der Waals surface area contributed by atoms with Gasteiger partial charge in [0.2, 0.25) is 0 Å². The summed E-state index contributed by atoms with van der Waals surface area (Å²) in [6.07, 6.45) is 0. The highest BCUT2D eigenvalue weighted by molar-refractivity contribution is 6.34. The third-order valence-electron chi connectivity index (χ3n) is 4.55. The van der Waals surface area contributed by atoms with Crippen LogP contribution in [0.15, 0.2) is 66.7 Å². The SMILES string of the molecule is N#Cc1c(-c2ccccc2Cl)c2ccc(C(=O)O)cc2n1-c1ccc(F)cc1. The molecular formula is C22H12ClFN2O2. The van der Waals surface area contributed by atoms with E-state index in [0.29, 0.717) is 32.7 Å². The van der Waals surface area contributed by atoms with Gasteiger partial charge < -0.3 is 9.67 Å². The standard InChI is InChI=1S/C22H12ClFN2O2/c23-18-4-2-1-3-16(18)21-17-10-5-13(22(27)28)11-19(17)26(20(21)12-25)15-8-6-14(24)7-9-15/h1-11H,(H,27,28). The molecule has 1 N–H and O–H groups in total. The first-order valence-corrected chi connectivity index (χ1v) is 8.71. The summed E-state index contributed by atoms with van der Waals surface area (Å²) in [5, 5.41) is 20.5. The van der Waals surface area contributed by atoms with Gasteiger partial charge in [-0.2, -0.15) is 5.26 Å². The predicted molar refractivity (Wildman–Crippen MR) is 105 cm³/mol. The van der Waals surface area contributed by atoms with E-state index in [1.54, 1.807) is 41.0 Å². The molecule has 0 radical (unpaired) electrons. The summed E-state index contributed by atoms with van der Waals surface area (Å²) in [4.78, 5) is 11.5. The Hall–Kier alpha value is -3.62. The number of hydrogen-bond acceptors (Lipinski definition) is 2. The van der Waals surface area contributed by atoms with Gasteiger partial charge >= 0.3 is 5.97 Å². The molecule has 4 rings (SSSR count). The summed E-state index contributed by atoms with van der Waals surface area (Å²) in [6, 6.07) is 19.7. The van der Waals surface area contributed by atoms with E-state index in [1.165, 1.54) is 24.3 Å². The van der Waals surface area contributed by atoms with Crippen LogP contribution in [-0.4, -0.2) is 15.6 Å². The highest BCUT2D eigenvalue weighted by atomic mass is 35.5. The van der Waals surface area contributed by atoms with E-state index in [4.69, 9.17) is 11.6 Å². The average Bonchev–Trinajstić information content (AvgIpc) is 3.02. The molecular weight excluding hydrogens is 379 g/mol. The number of carbonyl (C=O) groups is 1. The number of carboxylic acid groups (broad SMARTS) is 1. The van der Waals surface area contributed by atoms with Gasteiger partial charge in [0.1, 0.15) is 17.6 Å². The third kappa shape index (κ3) is 2.81. The van der Waals surface area contributed by atoms with Crippen LogP contribution in [0, 0.1) is 17.1 Å². The lowest BCUT2D eigenvalue weighted by atomic mass is 10.0. The zero-order chi connectivity index (χ0) is 19.8. The maximum absolute atomic E-state index is 13.4. The third-order valence-corrected chi connectivity index (χ3v) is 4.88. The van der Waals surface area contributed by atoms with Gasteiger partial charge in [0.05, 0.1) is 11.1 Å². The molecule has 6 heteroatoms. The van der Waals surface area contributed by atoms with Crippen molar-refractivity contribution in [1.82, 2.24) is 4.57 Å². The number of carboxylic acids is 1. The zero-order valence-electron chi connectivity index (χ0n) is 14.4. The Balaban J connectivity index is 2.16. The molecule has 0 spiro atoms. The number of fused-ring (bicyclic) bond motifs is 1. The van der Waals surface area contributed by atoms with Crippen molar-refractivity contribution in [2.45, 2.75) is 0 Å². The minimum atomic E-state index is -1.08. The van der Waals surface area contributed by atoms with Crippen molar-refractivity contribution in [1.29, 1.82) is 5.26 Å². The van der Waals surface area contributed by atoms with Gasteiger partial charge in [0.15, 0.2) is 0 Å². The topological polar surface area (TPSA) is 66.0 Å². The van der Waals surface area contributed by atoms with Crippen molar-refractivity contribution < 1.29 is 14.3 Å². The lowest BCUT2D eigenvalue weighted by Gasteiger charge is -2.08. The Kier molecular flexibility index (Phi) is 4.34. The molecule has 28 heavy (non-hydrogen) atoms. The first kappa shape index (κ1) is 17.8. The number of nitriles is 1. The Labute approximate surface area is 164 Å². The van der Waals surface area contributed by atoms with Crippen molar-refractivity contribution in [2.75, 3.05) is 0 Å². The summed E-state index contributed by atoms with van der Waals surface area (Å²) in [7, 11) is 0. The largest absolute Gasteiger partial charge is 0.478 e. The Morgan fingerprint density at radius 1 is 1.07 bits per heavy atom. The number of aromatic carboxylic acids is 1. The van der Waals surface area contributed by atoms with Gasteiger partial charge in [-0.15, -0.1) is 0 Å². The molecule has 0 amide bonds. The lowest BCUT2D eigenvalue weighted by molar-refractivity contribution is 0.0697. The monoisotopic (exact) mass is 390 g/mol. The zero-order valence-corrected chi connectivity index (χ0v) is 15.1. The van der Waals surface area contributed by atoms with Gasteiger partial charge in [-0.1, -0.05) is 35.9 Å². The molecule has 0 unspecified atom stereocenters. The molecule has 0 saturated heterocycles. The number of halogens is 2. The minimum absolute atomic E-state index is 0.0866. The normalized spacial score (nSPS) is 10.8. The fourth-order valence-corrected chi connectivity index (χ4v) is 3.55. The van der Waals surface area contributed by atoms with Gasteiger partial charge in [-0.25, -0.2) is 9.18 Å². The van der Waals surface area contributed by atoms with Crippen LogP contribution in [0.25, 0.3) is 27.7 Å². The first-order valence-electron chi connectivity index (χ1n) is 8.34. The molecule has 0 bridgehead atoms. The van der Waals surface area contributed by atoms with E-state index in [0.717, 1.165) is 0 Å². The summed E-state index contributed by atoms with van der Waals surface area (Å²) in [5.41, 5.74) is 2.71. The van der Waals surface area contributed by atoms with E-state index < -0.39 is 11.8 Å². The summed E-state index contributed by atoms with van der Waals surface area (Å²) in [5.74, 6) is -1.48. The molecule has 0 saturated carbocycles. The summed E-state index contributed by atoms with van der Waals surface area (Å²) < 4.78 is 15.0. The number of benzene rings is 3. The van der Waals surface area contributed by atoms with Gasteiger partial charge in [0.25, 0.3) is 0 Å². The molecule has 0 aliphatic heterocycles. The van der Waals surface area contributed by atoms with E-state index in [1.807, 2.05) is 6.07 Å². The lowest BCUT2D eigenvalue weighted by Crippen LogP contribution is -2.00. The van der Waals surface area contributed by atoms with Crippen LogP contribution in [0.4, 0.5) is 4.39 Å². The first-order chi connectivity index (χ1) is 13.5. The Morgan fingerprint density at radius 3 is 2.43 bits per heavy atom. The predicted octanol–water partition coefficient (Wildman–Crippen LogP) is 5.66. The maximum Gasteiger partial charge on any atom is 0.335 e. The van der Waals surface area contributed by atoms with Crippen molar-refractivity contribution >= 4 is 28.5 Å². The van der Waals surface area contributed by atoms with Crippen LogP contribution in [-0.2, 0) is 0 Å². The molecule has 1 heterocycles. The van der Waals surface area contributed by atoms with Gasteiger partial charge in [-0.3, -0.25) is 0 Å². The number of rotatable bonds is 3. The fourth-order valence-electron chi connectivity index (χ4n) is 3.32. The van der Waals surface area contributed by atoms with Crippen LogP contribution >= 0.6 is 11.6 Å². The molecule has 1 aromatic heterocycles. The highest BCUT2D eigenvalue weighted by Crippen LogP contribution is 2.40. The molecule has 0 aliphatic carbocycles. The highest BCUT2D eigenvalue weighted by Gasteiger charge is 2.22. The van der Waals surface area contributed by atoms with Crippen LogP contribution < -0.4 is 0 Å². The smallest absolute Gasteiger partial charge is 0.335 e. The Morgan fingerprint density at radius 2 is 1.79 bits per heavy atom. The summed E-state index contributed by atoms with van der Waals surface area (Å²) >= 11 is 6.38. The van der Waals surface area contributed by atoms with Crippen molar-refractivity contribution in [2.24, 2.45) is 0 Å². The van der Waals surface area contributed by atoms with E-state index in [9.17, 15) is 19.6 Å². The second-order valence-electron chi connectivity index (χ2n) is 6.16. The molecule has 3 aromatic carbocycles. The Bertz CT molecular complexity index is 1270. The minimum Gasteiger partial charge on any atom is -0.478 e. The van der Waals surface area contributed by atoms with Gasteiger partial charge in [-0.05, 0) is 42.5 Å². The average molecular weight is 391 g/mol. The van der Waals surface area contributed by atoms with Crippen LogP contribution in [0.2, 0.25) is 5.02 Å². The molecule has 4 aromatic rings. The fraction of sp³-hybridized carbons (Fsp3) is 0. The maximum atomic E-state index is 13.4.